The van der Waals surface area contributed by atoms with E-state index in [9.17, 15) is 9.90 Å². The molecule has 1 amide bonds. The number of aromatic hydroxyl groups is 1. The third kappa shape index (κ3) is 2.68. The van der Waals surface area contributed by atoms with Crippen LogP contribution in [0.5, 0.6) is 11.5 Å². The van der Waals surface area contributed by atoms with Crippen LogP contribution in [0.15, 0.2) is 23.9 Å². The second-order valence-electron chi connectivity index (χ2n) is 4.01. The largest absolute Gasteiger partial charge is 0.504 e. The van der Waals surface area contributed by atoms with E-state index >= 15 is 0 Å². The first-order chi connectivity index (χ1) is 9.02. The number of carbonyl (C=O) groups excluding carboxylic acids is 1. The molecule has 0 aliphatic carbocycles. The van der Waals surface area contributed by atoms with E-state index in [0.717, 1.165) is 5.56 Å². The summed E-state index contributed by atoms with van der Waals surface area (Å²) in [7, 11) is 1.61. The molecule has 1 aliphatic rings. The van der Waals surface area contributed by atoms with Gasteiger partial charge in [0.2, 0.25) is 0 Å². The fourth-order valence-electron chi connectivity index (χ4n) is 1.68. The summed E-state index contributed by atoms with van der Waals surface area (Å²) in [6.07, 6.45) is 1.67. The number of hydrogen-bond acceptors (Lipinski definition) is 4. The van der Waals surface area contributed by atoms with Gasteiger partial charge in [-0.15, -0.1) is 0 Å². The molecule has 1 saturated heterocycles. The molecule has 1 aliphatic heterocycles. The third-order valence-electron chi connectivity index (χ3n) is 2.68. The number of benzene rings is 1. The number of likely N-dealkylation sites (N-methyl/N-ethyl adjacent to an activating group) is 1. The molecule has 2 rings (SSSR count). The van der Waals surface area contributed by atoms with Crippen molar-refractivity contribution in [2.75, 3.05) is 13.7 Å². The Morgan fingerprint density at radius 3 is 2.84 bits per heavy atom. The van der Waals surface area contributed by atoms with Gasteiger partial charge in [-0.2, -0.15) is 0 Å². The van der Waals surface area contributed by atoms with Crippen molar-refractivity contribution in [1.29, 1.82) is 0 Å². The SMILES string of the molecule is CCOc1cc(/C=C2/NC(=S)N(C)C2=O)ccc1O. The standard InChI is InChI=1S/C13H14N2O3S/c1-3-18-11-7-8(4-5-10(11)16)6-9-12(17)15(2)13(19)14-9/h4-7,16H,3H2,1-2H3,(H,14,19)/b9-6+. The molecule has 6 heteroatoms. The maximum atomic E-state index is 11.8. The molecule has 100 valence electrons. The van der Waals surface area contributed by atoms with Gasteiger partial charge in [-0.3, -0.25) is 9.69 Å². The Hall–Kier alpha value is -2.08. The lowest BCUT2D eigenvalue weighted by molar-refractivity contribution is -0.121. The Morgan fingerprint density at radius 1 is 1.53 bits per heavy atom. The van der Waals surface area contributed by atoms with Gasteiger partial charge in [0.15, 0.2) is 16.6 Å². The van der Waals surface area contributed by atoms with E-state index in [1.165, 1.54) is 11.0 Å². The lowest BCUT2D eigenvalue weighted by Gasteiger charge is -2.06. The first-order valence-corrected chi connectivity index (χ1v) is 6.20. The van der Waals surface area contributed by atoms with Crippen molar-refractivity contribution in [3.63, 3.8) is 0 Å². The van der Waals surface area contributed by atoms with E-state index in [-0.39, 0.29) is 11.7 Å². The molecule has 19 heavy (non-hydrogen) atoms. The zero-order valence-corrected chi connectivity index (χ0v) is 11.5. The van der Waals surface area contributed by atoms with E-state index < -0.39 is 0 Å². The summed E-state index contributed by atoms with van der Waals surface area (Å²) >= 11 is 4.99. The van der Waals surface area contributed by atoms with E-state index in [2.05, 4.69) is 5.32 Å². The molecular formula is C13H14N2O3S. The van der Waals surface area contributed by atoms with Crippen molar-refractivity contribution in [2.45, 2.75) is 6.92 Å². The quantitative estimate of drug-likeness (QED) is 0.648. The smallest absolute Gasteiger partial charge is 0.276 e. The molecule has 0 spiro atoms. The number of nitrogens with one attached hydrogen (secondary N) is 1. The van der Waals surface area contributed by atoms with Gasteiger partial charge in [-0.05, 0) is 42.9 Å². The van der Waals surface area contributed by atoms with Gasteiger partial charge in [0.05, 0.1) is 6.61 Å². The van der Waals surface area contributed by atoms with Gasteiger partial charge >= 0.3 is 0 Å². The average molecular weight is 278 g/mol. The van der Waals surface area contributed by atoms with E-state index in [0.29, 0.717) is 23.2 Å². The molecular weight excluding hydrogens is 264 g/mol. The molecule has 5 nitrogen and oxygen atoms in total. The first kappa shape index (κ1) is 13.4. The minimum absolute atomic E-state index is 0.0716. The zero-order valence-electron chi connectivity index (χ0n) is 10.6. The maximum Gasteiger partial charge on any atom is 0.276 e. The maximum absolute atomic E-state index is 11.8. The number of ether oxygens (including phenoxy) is 1. The normalized spacial score (nSPS) is 16.9. The average Bonchev–Trinajstić information content (AvgIpc) is 2.62. The summed E-state index contributed by atoms with van der Waals surface area (Å²) in [5.41, 5.74) is 1.15. The van der Waals surface area contributed by atoms with Gasteiger partial charge in [-0.1, -0.05) is 6.07 Å². The molecule has 1 heterocycles. The number of rotatable bonds is 3. The van der Waals surface area contributed by atoms with Gasteiger partial charge in [0.25, 0.3) is 5.91 Å². The van der Waals surface area contributed by atoms with Crippen LogP contribution in [-0.2, 0) is 4.79 Å². The molecule has 0 radical (unpaired) electrons. The van der Waals surface area contributed by atoms with Crippen LogP contribution in [0.25, 0.3) is 6.08 Å². The molecule has 0 aromatic heterocycles. The molecule has 0 unspecified atom stereocenters. The number of amides is 1. The molecule has 1 aromatic rings. The molecule has 0 saturated carbocycles. The Balaban J connectivity index is 2.31. The fraction of sp³-hybridized carbons (Fsp3) is 0.231. The van der Waals surface area contributed by atoms with Gasteiger partial charge in [0, 0.05) is 7.05 Å². The second-order valence-corrected chi connectivity index (χ2v) is 4.40. The summed E-state index contributed by atoms with van der Waals surface area (Å²) in [6, 6.07) is 4.89. The highest BCUT2D eigenvalue weighted by Crippen LogP contribution is 2.28. The van der Waals surface area contributed by atoms with Crippen LogP contribution in [0.1, 0.15) is 12.5 Å². The van der Waals surface area contributed by atoms with Crippen molar-refractivity contribution < 1.29 is 14.6 Å². The van der Waals surface area contributed by atoms with Crippen LogP contribution in [-0.4, -0.2) is 34.7 Å². The predicted molar refractivity (Wildman–Crippen MR) is 75.8 cm³/mol. The monoisotopic (exact) mass is 278 g/mol. The van der Waals surface area contributed by atoms with Crippen LogP contribution < -0.4 is 10.1 Å². The van der Waals surface area contributed by atoms with Gasteiger partial charge < -0.3 is 15.2 Å². The van der Waals surface area contributed by atoms with E-state index in [4.69, 9.17) is 17.0 Å². The Morgan fingerprint density at radius 2 is 2.26 bits per heavy atom. The van der Waals surface area contributed by atoms with Gasteiger partial charge in [-0.25, -0.2) is 0 Å². The number of phenolic OH excluding ortho intramolecular Hbond substituents is 1. The van der Waals surface area contributed by atoms with Crippen molar-refractivity contribution >= 4 is 29.3 Å². The number of hydrogen-bond donors (Lipinski definition) is 2. The van der Waals surface area contributed by atoms with Crippen molar-refractivity contribution in [2.24, 2.45) is 0 Å². The highest BCUT2D eigenvalue weighted by atomic mass is 32.1. The first-order valence-electron chi connectivity index (χ1n) is 5.79. The summed E-state index contributed by atoms with van der Waals surface area (Å²) in [6.45, 7) is 2.29. The minimum Gasteiger partial charge on any atom is -0.504 e. The topological polar surface area (TPSA) is 61.8 Å². The summed E-state index contributed by atoms with van der Waals surface area (Å²) < 4.78 is 5.29. The van der Waals surface area contributed by atoms with Crippen LogP contribution in [0.3, 0.4) is 0 Å². The molecule has 1 fully saturated rings. The zero-order chi connectivity index (χ0) is 14.0. The van der Waals surface area contributed by atoms with Gasteiger partial charge in [0.1, 0.15) is 5.70 Å². The molecule has 0 bridgehead atoms. The number of nitrogens with zero attached hydrogens (tertiary/aromatic N) is 1. The number of phenols is 1. The predicted octanol–water partition coefficient (Wildman–Crippen LogP) is 1.48. The van der Waals surface area contributed by atoms with Crippen LogP contribution >= 0.6 is 12.2 Å². The molecule has 0 atom stereocenters. The van der Waals surface area contributed by atoms with E-state index in [1.807, 2.05) is 6.92 Å². The lowest BCUT2D eigenvalue weighted by Crippen LogP contribution is -2.25. The Kier molecular flexibility index (Phi) is 3.71. The van der Waals surface area contributed by atoms with Crippen LogP contribution in [0.2, 0.25) is 0 Å². The minimum atomic E-state index is -0.184. The highest BCUT2D eigenvalue weighted by Gasteiger charge is 2.26. The van der Waals surface area contributed by atoms with E-state index in [1.54, 1.807) is 25.3 Å². The Labute approximate surface area is 116 Å². The summed E-state index contributed by atoms with van der Waals surface area (Å²) in [4.78, 5) is 13.2. The van der Waals surface area contributed by atoms with Crippen LogP contribution in [0, 0.1) is 0 Å². The van der Waals surface area contributed by atoms with Crippen molar-refractivity contribution in [3.8, 4) is 11.5 Å². The second kappa shape index (κ2) is 5.27. The molecule has 1 aromatic carbocycles. The number of thiocarbonyl (C=S) groups is 1. The third-order valence-corrected chi connectivity index (χ3v) is 3.05. The number of carbonyl (C=O) groups is 1. The summed E-state index contributed by atoms with van der Waals surface area (Å²) in [5.74, 6) is 0.275. The van der Waals surface area contributed by atoms with Crippen molar-refractivity contribution in [3.05, 3.63) is 29.5 Å². The highest BCUT2D eigenvalue weighted by molar-refractivity contribution is 7.80. The van der Waals surface area contributed by atoms with Crippen LogP contribution in [0.4, 0.5) is 0 Å². The lowest BCUT2D eigenvalue weighted by atomic mass is 10.1. The molecule has 2 N–H and O–H groups in total. The van der Waals surface area contributed by atoms with Crippen molar-refractivity contribution in [1.82, 2.24) is 10.2 Å². The summed E-state index contributed by atoms with van der Waals surface area (Å²) in [5, 5.41) is 12.8. The Bertz CT molecular complexity index is 569. The fourth-order valence-corrected chi connectivity index (χ4v) is 1.87.